The number of hydrogen-bond acceptors (Lipinski definition) is 4. The van der Waals surface area contributed by atoms with Crippen molar-refractivity contribution >= 4 is 11.6 Å². The molecule has 0 radical (unpaired) electrons. The number of anilines is 1. The summed E-state index contributed by atoms with van der Waals surface area (Å²) in [6.45, 7) is 8.11. The fourth-order valence-corrected chi connectivity index (χ4v) is 2.45. The van der Waals surface area contributed by atoms with Crippen LogP contribution in [0, 0.1) is 5.41 Å². The van der Waals surface area contributed by atoms with Gasteiger partial charge in [-0.25, -0.2) is 0 Å². The summed E-state index contributed by atoms with van der Waals surface area (Å²) < 4.78 is 5.63. The van der Waals surface area contributed by atoms with Crippen molar-refractivity contribution in [1.82, 2.24) is 0 Å². The average Bonchev–Trinajstić information content (AvgIpc) is 2.41. The Labute approximate surface area is 125 Å². The number of benzene rings is 1. The van der Waals surface area contributed by atoms with Gasteiger partial charge in [-0.15, -0.1) is 0 Å². The summed E-state index contributed by atoms with van der Waals surface area (Å²) in [6, 6.07) is 5.54. The minimum absolute atomic E-state index is 0.0805. The molecule has 0 saturated heterocycles. The number of ether oxygens (including phenoxy) is 1. The summed E-state index contributed by atoms with van der Waals surface area (Å²) in [5.74, 6) is 0.512. The SMILES string of the molecule is CC1Oc2ccc(C(N)C(C)(C)C)cc2N(CCO)C1=O. The molecule has 0 bridgehead atoms. The molecule has 1 aliphatic rings. The van der Waals surface area contributed by atoms with E-state index in [1.165, 1.54) is 0 Å². The molecule has 0 aromatic heterocycles. The van der Waals surface area contributed by atoms with E-state index in [0.29, 0.717) is 11.4 Å². The molecule has 1 aliphatic heterocycles. The Morgan fingerprint density at radius 1 is 1.43 bits per heavy atom. The van der Waals surface area contributed by atoms with Crippen molar-refractivity contribution in [2.45, 2.75) is 39.8 Å². The topological polar surface area (TPSA) is 75.8 Å². The molecule has 1 amide bonds. The zero-order valence-corrected chi connectivity index (χ0v) is 13.1. The molecule has 2 rings (SSSR count). The van der Waals surface area contributed by atoms with Crippen LogP contribution in [0.1, 0.15) is 39.3 Å². The molecular formula is C16H24N2O3. The number of amides is 1. The lowest BCUT2D eigenvalue weighted by Crippen LogP contribution is -2.45. The molecule has 2 unspecified atom stereocenters. The summed E-state index contributed by atoms with van der Waals surface area (Å²) in [5, 5.41) is 9.20. The van der Waals surface area contributed by atoms with Crippen molar-refractivity contribution in [2.75, 3.05) is 18.1 Å². The molecule has 3 N–H and O–H groups in total. The number of aliphatic hydroxyl groups is 1. The number of carbonyl (C=O) groups excluding carboxylic acids is 1. The normalized spacial score (nSPS) is 20.0. The van der Waals surface area contributed by atoms with Crippen molar-refractivity contribution in [3.63, 3.8) is 0 Å². The predicted molar refractivity (Wildman–Crippen MR) is 82.4 cm³/mol. The van der Waals surface area contributed by atoms with E-state index in [1.54, 1.807) is 11.8 Å². The van der Waals surface area contributed by atoms with E-state index in [1.807, 2.05) is 18.2 Å². The molecule has 0 aliphatic carbocycles. The molecule has 1 aromatic rings. The van der Waals surface area contributed by atoms with E-state index in [9.17, 15) is 9.90 Å². The highest BCUT2D eigenvalue weighted by molar-refractivity contribution is 5.99. The standard InChI is InChI=1S/C16H24N2O3/c1-10-15(20)18(7-8-19)12-9-11(5-6-13(12)21-10)14(17)16(2,3)4/h5-6,9-10,14,19H,7-8,17H2,1-4H3. The maximum absolute atomic E-state index is 12.2. The zero-order chi connectivity index (χ0) is 15.8. The van der Waals surface area contributed by atoms with E-state index >= 15 is 0 Å². The van der Waals surface area contributed by atoms with Gasteiger partial charge >= 0.3 is 0 Å². The molecule has 5 heteroatoms. The van der Waals surface area contributed by atoms with Crippen LogP contribution in [0.2, 0.25) is 0 Å². The molecule has 116 valence electrons. The number of carbonyl (C=O) groups is 1. The van der Waals surface area contributed by atoms with Crippen LogP contribution in [0.3, 0.4) is 0 Å². The Hall–Kier alpha value is -1.59. The lowest BCUT2D eigenvalue weighted by atomic mass is 9.83. The third-order valence-corrected chi connectivity index (χ3v) is 3.81. The summed E-state index contributed by atoms with van der Waals surface area (Å²) >= 11 is 0. The number of rotatable bonds is 3. The van der Waals surface area contributed by atoms with E-state index in [-0.39, 0.29) is 30.5 Å². The first kappa shape index (κ1) is 15.8. The van der Waals surface area contributed by atoms with Crippen molar-refractivity contribution in [2.24, 2.45) is 11.1 Å². The largest absolute Gasteiger partial charge is 0.479 e. The third-order valence-electron chi connectivity index (χ3n) is 3.81. The third kappa shape index (κ3) is 3.04. The Balaban J connectivity index is 2.44. The Morgan fingerprint density at radius 3 is 2.67 bits per heavy atom. The highest BCUT2D eigenvalue weighted by atomic mass is 16.5. The van der Waals surface area contributed by atoms with Crippen molar-refractivity contribution < 1.29 is 14.6 Å². The van der Waals surface area contributed by atoms with Crippen LogP contribution >= 0.6 is 0 Å². The van der Waals surface area contributed by atoms with Gasteiger partial charge in [0.25, 0.3) is 5.91 Å². The molecule has 0 spiro atoms. The van der Waals surface area contributed by atoms with Crippen LogP contribution in [-0.4, -0.2) is 30.3 Å². The monoisotopic (exact) mass is 292 g/mol. The number of β-amino-alcohol motifs (C(OH)–C–C–N with tert-alkyl or cyclic N) is 1. The molecule has 5 nitrogen and oxygen atoms in total. The summed E-state index contributed by atoms with van der Waals surface area (Å²) in [4.78, 5) is 13.8. The smallest absolute Gasteiger partial charge is 0.267 e. The Bertz CT molecular complexity index is 537. The fourth-order valence-electron chi connectivity index (χ4n) is 2.45. The number of fused-ring (bicyclic) bond motifs is 1. The Kier molecular flexibility index (Phi) is 4.25. The number of nitrogens with two attached hydrogens (primary N) is 1. The van der Waals surface area contributed by atoms with Gasteiger partial charge in [0.2, 0.25) is 0 Å². The second kappa shape index (κ2) is 5.66. The van der Waals surface area contributed by atoms with Gasteiger partial charge in [0.15, 0.2) is 6.10 Å². The highest BCUT2D eigenvalue weighted by Gasteiger charge is 2.32. The molecule has 0 saturated carbocycles. The van der Waals surface area contributed by atoms with E-state index in [4.69, 9.17) is 10.5 Å². The van der Waals surface area contributed by atoms with Gasteiger partial charge in [0.05, 0.1) is 12.3 Å². The van der Waals surface area contributed by atoms with E-state index in [0.717, 1.165) is 5.56 Å². The van der Waals surface area contributed by atoms with Crippen LogP contribution in [0.25, 0.3) is 0 Å². The first-order valence-electron chi connectivity index (χ1n) is 7.24. The van der Waals surface area contributed by atoms with E-state index in [2.05, 4.69) is 20.8 Å². The highest BCUT2D eigenvalue weighted by Crippen LogP contribution is 2.38. The second-order valence-corrected chi connectivity index (χ2v) is 6.54. The molecule has 2 atom stereocenters. The van der Waals surface area contributed by atoms with Gasteiger partial charge in [-0.2, -0.15) is 0 Å². The summed E-state index contributed by atoms with van der Waals surface area (Å²) in [7, 11) is 0. The first-order chi connectivity index (χ1) is 9.75. The summed E-state index contributed by atoms with van der Waals surface area (Å²) in [6.07, 6.45) is -0.536. The minimum Gasteiger partial charge on any atom is -0.479 e. The number of aliphatic hydroxyl groups excluding tert-OH is 1. The lowest BCUT2D eigenvalue weighted by Gasteiger charge is -2.34. The molecule has 0 fully saturated rings. The van der Waals surface area contributed by atoms with Crippen LogP contribution in [0.15, 0.2) is 18.2 Å². The maximum Gasteiger partial charge on any atom is 0.267 e. The van der Waals surface area contributed by atoms with Gasteiger partial charge in [-0.05, 0) is 30.0 Å². The lowest BCUT2D eigenvalue weighted by molar-refractivity contribution is -0.125. The quantitative estimate of drug-likeness (QED) is 0.891. The predicted octanol–water partition coefficient (Wildman–Crippen LogP) is 1.84. The maximum atomic E-state index is 12.2. The van der Waals surface area contributed by atoms with Gasteiger partial charge in [0.1, 0.15) is 5.75 Å². The molecule has 21 heavy (non-hydrogen) atoms. The van der Waals surface area contributed by atoms with Gasteiger partial charge in [0, 0.05) is 12.6 Å². The van der Waals surface area contributed by atoms with Crippen molar-refractivity contribution in [3.8, 4) is 5.75 Å². The van der Waals surface area contributed by atoms with Crippen LogP contribution in [0.4, 0.5) is 5.69 Å². The van der Waals surface area contributed by atoms with Crippen molar-refractivity contribution in [3.05, 3.63) is 23.8 Å². The van der Waals surface area contributed by atoms with Crippen molar-refractivity contribution in [1.29, 1.82) is 0 Å². The summed E-state index contributed by atoms with van der Waals surface area (Å²) in [5.41, 5.74) is 7.85. The van der Waals surface area contributed by atoms with Gasteiger partial charge in [-0.3, -0.25) is 4.79 Å². The van der Waals surface area contributed by atoms with E-state index < -0.39 is 6.10 Å². The Morgan fingerprint density at radius 2 is 2.10 bits per heavy atom. The second-order valence-electron chi connectivity index (χ2n) is 6.54. The average molecular weight is 292 g/mol. The van der Waals surface area contributed by atoms with Crippen LogP contribution in [0.5, 0.6) is 5.75 Å². The van der Waals surface area contributed by atoms with Crippen LogP contribution < -0.4 is 15.4 Å². The molecule has 1 heterocycles. The zero-order valence-electron chi connectivity index (χ0n) is 13.1. The molecule has 1 aromatic carbocycles. The fraction of sp³-hybridized carbons (Fsp3) is 0.562. The number of hydrogen-bond donors (Lipinski definition) is 2. The first-order valence-corrected chi connectivity index (χ1v) is 7.24. The number of nitrogens with zero attached hydrogens (tertiary/aromatic N) is 1. The van der Waals surface area contributed by atoms with Crippen LogP contribution in [-0.2, 0) is 4.79 Å². The van der Waals surface area contributed by atoms with Gasteiger partial charge < -0.3 is 20.5 Å². The minimum atomic E-state index is -0.536. The molecular weight excluding hydrogens is 268 g/mol. The van der Waals surface area contributed by atoms with Gasteiger partial charge in [-0.1, -0.05) is 26.8 Å².